The van der Waals surface area contributed by atoms with Gasteiger partial charge < -0.3 is 0 Å². The number of hydrogen-bond donors (Lipinski definition) is 0. The summed E-state index contributed by atoms with van der Waals surface area (Å²) in [5, 5.41) is 10.2. The molecule has 0 amide bonds. The van der Waals surface area contributed by atoms with E-state index in [0.29, 0.717) is 0 Å². The number of hydrogen-bond acceptors (Lipinski definition) is 0. The Labute approximate surface area is 216 Å². The average molecular weight is 500 g/mol. The fourth-order valence-electron chi connectivity index (χ4n) is 3.71. The van der Waals surface area contributed by atoms with Gasteiger partial charge in [0.15, 0.2) is 0 Å². The minimum atomic E-state index is 0. The molecular formula is C27H21Cl3Ti. The smallest absolute Gasteiger partial charge is 0.273 e. The molecule has 0 atom stereocenters. The van der Waals surface area contributed by atoms with Crippen LogP contribution >= 0.6 is 37.2 Å². The van der Waals surface area contributed by atoms with E-state index in [-0.39, 0.29) is 58.9 Å². The zero-order valence-corrected chi connectivity index (χ0v) is 20.7. The largest absolute Gasteiger partial charge is 2.00 e. The molecule has 6 rings (SSSR count). The Morgan fingerprint density at radius 3 is 1.84 bits per heavy atom. The molecule has 0 bridgehead atoms. The summed E-state index contributed by atoms with van der Waals surface area (Å²) in [5.41, 5.74) is 0. The van der Waals surface area contributed by atoms with Gasteiger partial charge in [0.05, 0.1) is 0 Å². The van der Waals surface area contributed by atoms with Gasteiger partial charge in [0.25, 0.3) is 0 Å². The van der Waals surface area contributed by atoms with Crippen LogP contribution in [0.3, 0.4) is 0 Å². The number of benzene rings is 5. The maximum absolute atomic E-state index is 3.34. The molecule has 0 aromatic heterocycles. The standard InChI is InChI=1S/C22H13.C5H5.3ClH.Ti/c1-3-7-17-13-21-19(11-15(17)5-1)9-10-20-12-16-6-2-4-8-18(16)14-22(20)21;1-2-4-5-3-1;;;;/h1-7,9-14H;1-3H,4H2;3*1H;/q2*-1;;;;+2. The molecule has 0 saturated carbocycles. The average Bonchev–Trinajstić information content (AvgIpc) is 3.31. The van der Waals surface area contributed by atoms with Crippen molar-refractivity contribution in [2.24, 2.45) is 0 Å². The minimum Gasteiger partial charge on any atom is -0.273 e. The molecule has 0 saturated heterocycles. The molecule has 154 valence electrons. The van der Waals surface area contributed by atoms with Crippen LogP contribution in [0.25, 0.3) is 43.1 Å². The van der Waals surface area contributed by atoms with Crippen molar-refractivity contribution in [1.82, 2.24) is 0 Å². The summed E-state index contributed by atoms with van der Waals surface area (Å²) in [4.78, 5) is 0. The van der Waals surface area contributed by atoms with Gasteiger partial charge in [-0.15, -0.1) is 84.7 Å². The van der Waals surface area contributed by atoms with Gasteiger partial charge in [-0.25, -0.2) is 12.2 Å². The van der Waals surface area contributed by atoms with Gasteiger partial charge in [0.1, 0.15) is 0 Å². The normalized spacial score (nSPS) is 11.1. The molecule has 0 heterocycles. The Morgan fingerprint density at radius 2 is 1.23 bits per heavy atom. The molecule has 0 aliphatic heterocycles. The van der Waals surface area contributed by atoms with Gasteiger partial charge in [0, 0.05) is 0 Å². The first-order valence-electron chi connectivity index (χ1n) is 9.26. The Hall–Kier alpha value is -1.80. The third kappa shape index (κ3) is 5.72. The van der Waals surface area contributed by atoms with Gasteiger partial charge >= 0.3 is 21.7 Å². The third-order valence-electron chi connectivity index (χ3n) is 5.07. The van der Waals surface area contributed by atoms with Gasteiger partial charge in [-0.2, -0.15) is 6.08 Å². The van der Waals surface area contributed by atoms with Crippen LogP contribution in [0.4, 0.5) is 0 Å². The molecule has 5 aromatic carbocycles. The number of halogens is 3. The predicted octanol–water partition coefficient (Wildman–Crippen LogP) is 8.67. The van der Waals surface area contributed by atoms with Crippen molar-refractivity contribution in [3.8, 4) is 0 Å². The van der Waals surface area contributed by atoms with E-state index >= 15 is 0 Å². The first kappa shape index (κ1) is 27.2. The summed E-state index contributed by atoms with van der Waals surface area (Å²) >= 11 is 0. The molecular weight excluding hydrogens is 479 g/mol. The first-order valence-corrected chi connectivity index (χ1v) is 9.26. The van der Waals surface area contributed by atoms with E-state index in [1.165, 1.54) is 43.1 Å². The van der Waals surface area contributed by atoms with Crippen molar-refractivity contribution in [2.75, 3.05) is 0 Å². The van der Waals surface area contributed by atoms with Crippen molar-refractivity contribution in [1.29, 1.82) is 0 Å². The van der Waals surface area contributed by atoms with Crippen LogP contribution in [0.2, 0.25) is 0 Å². The van der Waals surface area contributed by atoms with E-state index < -0.39 is 0 Å². The van der Waals surface area contributed by atoms with Crippen LogP contribution in [0, 0.1) is 12.1 Å². The van der Waals surface area contributed by atoms with Crippen molar-refractivity contribution >= 4 is 80.3 Å². The van der Waals surface area contributed by atoms with Crippen molar-refractivity contribution < 1.29 is 21.7 Å². The minimum absolute atomic E-state index is 0. The second-order valence-electron chi connectivity index (χ2n) is 6.82. The van der Waals surface area contributed by atoms with Crippen LogP contribution < -0.4 is 0 Å². The summed E-state index contributed by atoms with van der Waals surface area (Å²) in [6.07, 6.45) is 10.0. The van der Waals surface area contributed by atoms with Crippen LogP contribution in [-0.2, 0) is 21.7 Å². The Morgan fingerprint density at radius 1 is 0.613 bits per heavy atom. The second kappa shape index (κ2) is 12.3. The van der Waals surface area contributed by atoms with E-state index in [1.54, 1.807) is 0 Å². The molecule has 0 unspecified atom stereocenters. The van der Waals surface area contributed by atoms with Crippen LogP contribution in [0.1, 0.15) is 6.42 Å². The fraction of sp³-hybridized carbons (Fsp3) is 0.0370. The van der Waals surface area contributed by atoms with E-state index in [9.17, 15) is 0 Å². The topological polar surface area (TPSA) is 0 Å². The van der Waals surface area contributed by atoms with Crippen molar-refractivity contribution in [3.63, 3.8) is 0 Å². The molecule has 5 aromatic rings. The molecule has 0 radical (unpaired) electrons. The van der Waals surface area contributed by atoms with Crippen LogP contribution in [0.15, 0.2) is 97.1 Å². The number of allylic oxidation sites excluding steroid dienone is 4. The Balaban J connectivity index is 0.000000478. The molecule has 0 nitrogen and oxygen atoms in total. The Kier molecular flexibility index (Phi) is 10.8. The molecule has 0 fully saturated rings. The SMILES string of the molecule is Cl.Cl.Cl.[C-]1=CC=CC1.[Ti+2].[c-]1cccc2cc3ccc4cc5ccccc5cc4c3cc12. The quantitative estimate of drug-likeness (QED) is 0.0865. The van der Waals surface area contributed by atoms with E-state index in [2.05, 4.69) is 84.9 Å². The molecule has 0 N–H and O–H groups in total. The zero-order chi connectivity index (χ0) is 18.1. The summed E-state index contributed by atoms with van der Waals surface area (Å²) in [5.74, 6) is 0. The zero-order valence-electron chi connectivity index (χ0n) is 16.7. The molecule has 1 aliphatic carbocycles. The molecule has 4 heteroatoms. The molecule has 1 aliphatic rings. The fourth-order valence-corrected chi connectivity index (χ4v) is 3.71. The van der Waals surface area contributed by atoms with E-state index in [1.807, 2.05) is 24.3 Å². The maximum Gasteiger partial charge on any atom is 2.00 e. The van der Waals surface area contributed by atoms with Crippen molar-refractivity contribution in [3.05, 3.63) is 109 Å². The van der Waals surface area contributed by atoms with Gasteiger partial charge in [0.2, 0.25) is 0 Å². The van der Waals surface area contributed by atoms with Gasteiger partial charge in [-0.3, -0.25) is 6.08 Å². The maximum atomic E-state index is 3.34. The monoisotopic (exact) mass is 498 g/mol. The predicted molar refractivity (Wildman–Crippen MR) is 139 cm³/mol. The summed E-state index contributed by atoms with van der Waals surface area (Å²) in [7, 11) is 0. The number of rotatable bonds is 0. The van der Waals surface area contributed by atoms with Crippen molar-refractivity contribution in [2.45, 2.75) is 6.42 Å². The molecule has 31 heavy (non-hydrogen) atoms. The number of fused-ring (bicyclic) bond motifs is 5. The molecule has 0 spiro atoms. The summed E-state index contributed by atoms with van der Waals surface area (Å²) in [6.45, 7) is 0. The van der Waals surface area contributed by atoms with Crippen LogP contribution in [0.5, 0.6) is 0 Å². The van der Waals surface area contributed by atoms with Gasteiger partial charge in [-0.05, 0) is 39.1 Å². The summed E-state index contributed by atoms with van der Waals surface area (Å²) in [6, 6.07) is 31.6. The Bertz CT molecular complexity index is 1250. The van der Waals surface area contributed by atoms with Gasteiger partial charge in [-0.1, -0.05) is 47.9 Å². The summed E-state index contributed by atoms with van der Waals surface area (Å²) < 4.78 is 0. The first-order chi connectivity index (χ1) is 13.4. The van der Waals surface area contributed by atoms with E-state index in [0.717, 1.165) is 6.42 Å². The van der Waals surface area contributed by atoms with Crippen LogP contribution in [-0.4, -0.2) is 0 Å². The third-order valence-corrected chi connectivity index (χ3v) is 5.07. The van der Waals surface area contributed by atoms with E-state index in [4.69, 9.17) is 0 Å². The second-order valence-corrected chi connectivity index (χ2v) is 6.82.